The van der Waals surface area contributed by atoms with Crippen LogP contribution in [0, 0.1) is 11.3 Å². The van der Waals surface area contributed by atoms with E-state index in [2.05, 4.69) is 10.3 Å². The van der Waals surface area contributed by atoms with Gasteiger partial charge in [0.05, 0.1) is 17.8 Å². The van der Waals surface area contributed by atoms with Gasteiger partial charge in [-0.05, 0) is 43.7 Å². The third-order valence-electron chi connectivity index (χ3n) is 4.27. The summed E-state index contributed by atoms with van der Waals surface area (Å²) in [6, 6.07) is 13.1. The van der Waals surface area contributed by atoms with E-state index in [1.807, 2.05) is 49.1 Å². The first-order valence-corrected chi connectivity index (χ1v) is 8.69. The van der Waals surface area contributed by atoms with Crippen LogP contribution in [0.1, 0.15) is 35.3 Å². The van der Waals surface area contributed by atoms with E-state index in [-0.39, 0.29) is 18.1 Å². The first-order valence-electron chi connectivity index (χ1n) is 8.69. The van der Waals surface area contributed by atoms with Crippen molar-refractivity contribution in [2.24, 2.45) is 0 Å². The van der Waals surface area contributed by atoms with Crippen LogP contribution in [0.25, 0.3) is 0 Å². The molecule has 1 saturated heterocycles. The lowest BCUT2D eigenvalue weighted by Crippen LogP contribution is -2.48. The third-order valence-corrected chi connectivity index (χ3v) is 4.27. The molecule has 0 aliphatic carbocycles. The second-order valence-corrected chi connectivity index (χ2v) is 6.56. The molecule has 1 N–H and O–H groups in total. The Hall–Kier alpha value is -2.91. The van der Waals surface area contributed by atoms with Crippen LogP contribution in [0.15, 0.2) is 42.6 Å². The van der Waals surface area contributed by atoms with Crippen molar-refractivity contribution in [2.75, 3.05) is 18.4 Å². The number of pyridine rings is 1. The Morgan fingerprint density at radius 1 is 1.23 bits per heavy atom. The van der Waals surface area contributed by atoms with Crippen molar-refractivity contribution in [3.05, 3.63) is 59.3 Å². The fourth-order valence-electron chi connectivity index (χ4n) is 3.05. The quantitative estimate of drug-likeness (QED) is 0.917. The molecule has 3 rings (SSSR count). The van der Waals surface area contributed by atoms with Crippen LogP contribution in [-0.4, -0.2) is 41.1 Å². The highest BCUT2D eigenvalue weighted by molar-refractivity contribution is 5.94. The fraction of sp³-hybridized carbons (Fsp3) is 0.350. The van der Waals surface area contributed by atoms with E-state index in [0.29, 0.717) is 36.6 Å². The Morgan fingerprint density at radius 2 is 1.92 bits per heavy atom. The van der Waals surface area contributed by atoms with Gasteiger partial charge >= 0.3 is 0 Å². The largest absolute Gasteiger partial charge is 0.372 e. The van der Waals surface area contributed by atoms with Gasteiger partial charge in [0.15, 0.2) is 0 Å². The molecule has 0 bridgehead atoms. The van der Waals surface area contributed by atoms with Crippen molar-refractivity contribution in [3.63, 3.8) is 0 Å². The molecule has 2 atom stereocenters. The molecule has 0 saturated carbocycles. The summed E-state index contributed by atoms with van der Waals surface area (Å²) in [7, 11) is 0. The van der Waals surface area contributed by atoms with Gasteiger partial charge in [0.2, 0.25) is 0 Å². The summed E-state index contributed by atoms with van der Waals surface area (Å²) in [6.07, 6.45) is 1.66. The highest BCUT2D eigenvalue weighted by atomic mass is 16.5. The van der Waals surface area contributed by atoms with Crippen LogP contribution in [0.4, 0.5) is 5.82 Å². The van der Waals surface area contributed by atoms with Crippen LogP contribution in [0.3, 0.4) is 0 Å². The van der Waals surface area contributed by atoms with Crippen molar-refractivity contribution in [3.8, 4) is 6.07 Å². The molecule has 0 unspecified atom stereocenters. The van der Waals surface area contributed by atoms with Gasteiger partial charge in [-0.2, -0.15) is 5.26 Å². The van der Waals surface area contributed by atoms with Gasteiger partial charge in [0, 0.05) is 31.4 Å². The van der Waals surface area contributed by atoms with Crippen LogP contribution >= 0.6 is 0 Å². The van der Waals surface area contributed by atoms with E-state index >= 15 is 0 Å². The molecule has 1 aromatic heterocycles. The normalized spacial score (nSPS) is 19.7. The molecule has 1 aliphatic rings. The number of aromatic nitrogens is 1. The predicted octanol–water partition coefficient (Wildman–Crippen LogP) is 2.81. The number of hydrogen-bond acceptors (Lipinski definition) is 5. The summed E-state index contributed by atoms with van der Waals surface area (Å²) < 4.78 is 5.68. The Balaban J connectivity index is 1.59. The highest BCUT2D eigenvalue weighted by Gasteiger charge is 2.26. The first kappa shape index (κ1) is 17.9. The first-order chi connectivity index (χ1) is 12.5. The molecule has 1 aliphatic heterocycles. The van der Waals surface area contributed by atoms with E-state index in [1.165, 1.54) is 6.20 Å². The number of carbonyl (C=O) groups excluding carboxylic acids is 1. The molecular formula is C20H22N4O2. The number of benzene rings is 1. The third kappa shape index (κ3) is 4.38. The number of amides is 1. The highest BCUT2D eigenvalue weighted by Crippen LogP contribution is 2.15. The second-order valence-electron chi connectivity index (χ2n) is 6.56. The summed E-state index contributed by atoms with van der Waals surface area (Å²) in [4.78, 5) is 18.7. The average Bonchev–Trinajstić information content (AvgIpc) is 2.66. The van der Waals surface area contributed by atoms with E-state index in [0.717, 1.165) is 5.56 Å². The number of morpholine rings is 1. The standard InChI is InChI=1S/C20H22N4O2/c1-14-12-24(13-15(2)26-14)20(25)18-6-3-16(4-7-18)10-22-19-8-5-17(9-21)11-23-19/h3-8,11,14-15H,10,12-13H2,1-2H3,(H,22,23)/t14-,15-/m1/s1. The Morgan fingerprint density at radius 3 is 2.50 bits per heavy atom. The van der Waals surface area contributed by atoms with Crippen molar-refractivity contribution in [1.82, 2.24) is 9.88 Å². The summed E-state index contributed by atoms with van der Waals surface area (Å²) >= 11 is 0. The van der Waals surface area contributed by atoms with Crippen LogP contribution in [-0.2, 0) is 11.3 Å². The SMILES string of the molecule is C[C@@H]1CN(C(=O)c2ccc(CNc3ccc(C#N)cn3)cc2)C[C@@H](C)O1. The Labute approximate surface area is 153 Å². The maximum atomic E-state index is 12.7. The minimum absolute atomic E-state index is 0.0419. The minimum Gasteiger partial charge on any atom is -0.372 e. The zero-order valence-corrected chi connectivity index (χ0v) is 15.0. The number of rotatable bonds is 4. The maximum absolute atomic E-state index is 12.7. The maximum Gasteiger partial charge on any atom is 0.254 e. The zero-order chi connectivity index (χ0) is 18.5. The van der Waals surface area contributed by atoms with E-state index < -0.39 is 0 Å². The van der Waals surface area contributed by atoms with Crippen LogP contribution < -0.4 is 5.32 Å². The molecule has 1 amide bonds. The van der Waals surface area contributed by atoms with Gasteiger partial charge in [0.25, 0.3) is 5.91 Å². The van der Waals surface area contributed by atoms with Gasteiger partial charge < -0.3 is 15.0 Å². The second kappa shape index (κ2) is 7.98. The van der Waals surface area contributed by atoms with E-state index in [4.69, 9.17) is 10.00 Å². The Kier molecular flexibility index (Phi) is 5.49. The van der Waals surface area contributed by atoms with Gasteiger partial charge in [-0.1, -0.05) is 12.1 Å². The van der Waals surface area contributed by atoms with Crippen molar-refractivity contribution < 1.29 is 9.53 Å². The molecule has 1 aromatic carbocycles. The van der Waals surface area contributed by atoms with Crippen molar-refractivity contribution in [1.29, 1.82) is 5.26 Å². The summed E-state index contributed by atoms with van der Waals surface area (Å²) in [6.45, 7) is 5.82. The molecule has 26 heavy (non-hydrogen) atoms. The topological polar surface area (TPSA) is 78.3 Å². The van der Waals surface area contributed by atoms with Gasteiger partial charge in [-0.25, -0.2) is 4.98 Å². The van der Waals surface area contributed by atoms with Gasteiger partial charge in [-0.3, -0.25) is 4.79 Å². The molecule has 1 fully saturated rings. The summed E-state index contributed by atoms with van der Waals surface area (Å²) in [5.74, 6) is 0.751. The molecular weight excluding hydrogens is 328 g/mol. The molecule has 134 valence electrons. The smallest absolute Gasteiger partial charge is 0.254 e. The molecule has 0 radical (unpaired) electrons. The molecule has 2 heterocycles. The van der Waals surface area contributed by atoms with Crippen LogP contribution in [0.2, 0.25) is 0 Å². The zero-order valence-electron chi connectivity index (χ0n) is 15.0. The summed E-state index contributed by atoms with van der Waals surface area (Å²) in [5.41, 5.74) is 2.27. The van der Waals surface area contributed by atoms with Gasteiger partial charge in [-0.15, -0.1) is 0 Å². The van der Waals surface area contributed by atoms with E-state index in [9.17, 15) is 4.79 Å². The van der Waals surface area contributed by atoms with Crippen LogP contribution in [0.5, 0.6) is 0 Å². The number of hydrogen-bond donors (Lipinski definition) is 1. The minimum atomic E-state index is 0.0419. The number of ether oxygens (including phenoxy) is 1. The number of anilines is 1. The number of nitriles is 1. The number of carbonyl (C=O) groups is 1. The number of nitrogens with one attached hydrogen (secondary N) is 1. The predicted molar refractivity (Wildman–Crippen MR) is 98.6 cm³/mol. The Bertz CT molecular complexity index is 786. The molecule has 0 spiro atoms. The lowest BCUT2D eigenvalue weighted by Gasteiger charge is -2.35. The van der Waals surface area contributed by atoms with Gasteiger partial charge in [0.1, 0.15) is 11.9 Å². The molecule has 6 heteroatoms. The fourth-order valence-corrected chi connectivity index (χ4v) is 3.05. The van der Waals surface area contributed by atoms with Crippen molar-refractivity contribution in [2.45, 2.75) is 32.6 Å². The van der Waals surface area contributed by atoms with E-state index in [1.54, 1.807) is 12.1 Å². The monoisotopic (exact) mass is 350 g/mol. The molecule has 2 aromatic rings. The number of nitrogens with zero attached hydrogens (tertiary/aromatic N) is 3. The lowest BCUT2D eigenvalue weighted by molar-refractivity contribution is -0.0586. The van der Waals surface area contributed by atoms with Crippen molar-refractivity contribution >= 4 is 11.7 Å². The summed E-state index contributed by atoms with van der Waals surface area (Å²) in [5, 5.41) is 12.0. The lowest BCUT2D eigenvalue weighted by atomic mass is 10.1. The average molecular weight is 350 g/mol. The molecule has 6 nitrogen and oxygen atoms in total.